The summed E-state index contributed by atoms with van der Waals surface area (Å²) >= 11 is 0. The van der Waals surface area contributed by atoms with Crippen LogP contribution in [0.5, 0.6) is 0 Å². The Labute approximate surface area is 87.4 Å². The van der Waals surface area contributed by atoms with Gasteiger partial charge in [0, 0.05) is 11.6 Å². The Kier molecular flexibility index (Phi) is 2.37. The largest absolute Gasteiger partial charge is 0.478 e. The van der Waals surface area contributed by atoms with E-state index < -0.39 is 5.97 Å². The monoisotopic (exact) mass is 201 g/mol. The predicted octanol–water partition coefficient (Wildman–Crippen LogP) is 2.50. The van der Waals surface area contributed by atoms with Gasteiger partial charge in [0.1, 0.15) is 0 Å². The Morgan fingerprint density at radius 1 is 1.47 bits per heavy atom. The topological polar surface area (TPSA) is 50.2 Å². The van der Waals surface area contributed by atoms with Crippen LogP contribution in [0.25, 0.3) is 10.9 Å². The number of carboxylic acids is 1. The van der Waals surface area contributed by atoms with Gasteiger partial charge in [-0.05, 0) is 30.2 Å². The van der Waals surface area contributed by atoms with Gasteiger partial charge in [-0.2, -0.15) is 0 Å². The Morgan fingerprint density at radius 3 is 2.93 bits per heavy atom. The van der Waals surface area contributed by atoms with Crippen LogP contribution in [0, 0.1) is 0 Å². The van der Waals surface area contributed by atoms with E-state index in [1.807, 2.05) is 19.1 Å². The van der Waals surface area contributed by atoms with Crippen LogP contribution in [0.4, 0.5) is 0 Å². The molecule has 3 nitrogen and oxygen atoms in total. The number of aryl methyl sites for hydroxylation is 1. The molecule has 3 heteroatoms. The molecule has 1 aromatic carbocycles. The first-order valence-corrected chi connectivity index (χ1v) is 4.83. The Hall–Kier alpha value is -1.90. The second-order valence-corrected chi connectivity index (χ2v) is 3.37. The number of hydrogen-bond acceptors (Lipinski definition) is 2. The zero-order chi connectivity index (χ0) is 10.8. The molecule has 0 unspecified atom stereocenters. The molecule has 0 bridgehead atoms. The molecule has 0 saturated carbocycles. The minimum Gasteiger partial charge on any atom is -0.478 e. The van der Waals surface area contributed by atoms with Crippen LogP contribution in [0.15, 0.2) is 30.5 Å². The SMILES string of the molecule is CCc1cc(C(=O)O)cc2cccnc12. The maximum absolute atomic E-state index is 10.9. The van der Waals surface area contributed by atoms with Crippen LogP contribution in [0.2, 0.25) is 0 Å². The number of pyridine rings is 1. The molecule has 76 valence electrons. The van der Waals surface area contributed by atoms with E-state index in [0.29, 0.717) is 5.56 Å². The van der Waals surface area contributed by atoms with Crippen LogP contribution in [0.3, 0.4) is 0 Å². The summed E-state index contributed by atoms with van der Waals surface area (Å²) in [4.78, 5) is 15.2. The van der Waals surface area contributed by atoms with Gasteiger partial charge in [0.15, 0.2) is 0 Å². The molecule has 0 aliphatic heterocycles. The first-order valence-electron chi connectivity index (χ1n) is 4.83. The highest BCUT2D eigenvalue weighted by molar-refractivity contribution is 5.94. The van der Waals surface area contributed by atoms with E-state index in [1.54, 1.807) is 18.3 Å². The highest BCUT2D eigenvalue weighted by Crippen LogP contribution is 2.19. The lowest BCUT2D eigenvalue weighted by atomic mass is 10.0. The van der Waals surface area contributed by atoms with E-state index >= 15 is 0 Å². The van der Waals surface area contributed by atoms with Gasteiger partial charge in [0.25, 0.3) is 0 Å². The minimum atomic E-state index is -0.893. The van der Waals surface area contributed by atoms with E-state index in [4.69, 9.17) is 5.11 Å². The number of aromatic carboxylic acids is 1. The zero-order valence-corrected chi connectivity index (χ0v) is 8.40. The summed E-state index contributed by atoms with van der Waals surface area (Å²) in [6, 6.07) is 7.04. The molecule has 0 aliphatic carbocycles. The van der Waals surface area contributed by atoms with Gasteiger partial charge in [-0.25, -0.2) is 4.79 Å². The van der Waals surface area contributed by atoms with Crippen molar-refractivity contribution in [3.05, 3.63) is 41.6 Å². The van der Waals surface area contributed by atoms with Crippen LogP contribution >= 0.6 is 0 Å². The molecule has 0 fully saturated rings. The summed E-state index contributed by atoms with van der Waals surface area (Å²) in [5.41, 5.74) is 2.20. The summed E-state index contributed by atoms with van der Waals surface area (Å²) in [5, 5.41) is 9.83. The zero-order valence-electron chi connectivity index (χ0n) is 8.40. The summed E-state index contributed by atoms with van der Waals surface area (Å²) < 4.78 is 0. The normalized spacial score (nSPS) is 10.5. The highest BCUT2D eigenvalue weighted by atomic mass is 16.4. The van der Waals surface area contributed by atoms with Gasteiger partial charge in [-0.3, -0.25) is 4.98 Å². The van der Waals surface area contributed by atoms with E-state index in [9.17, 15) is 4.79 Å². The van der Waals surface area contributed by atoms with Crippen molar-refractivity contribution in [1.82, 2.24) is 4.98 Å². The number of benzene rings is 1. The van der Waals surface area contributed by atoms with E-state index in [-0.39, 0.29) is 0 Å². The van der Waals surface area contributed by atoms with E-state index in [0.717, 1.165) is 22.9 Å². The average molecular weight is 201 g/mol. The van der Waals surface area contributed by atoms with Crippen LogP contribution < -0.4 is 0 Å². The van der Waals surface area contributed by atoms with Crippen molar-refractivity contribution in [2.45, 2.75) is 13.3 Å². The summed E-state index contributed by atoms with van der Waals surface area (Å²) in [6.07, 6.45) is 2.51. The molecule has 2 aromatic rings. The lowest BCUT2D eigenvalue weighted by Crippen LogP contribution is -1.98. The lowest BCUT2D eigenvalue weighted by molar-refractivity contribution is 0.0697. The third kappa shape index (κ3) is 1.68. The predicted molar refractivity (Wildman–Crippen MR) is 58.1 cm³/mol. The van der Waals surface area contributed by atoms with Gasteiger partial charge in [0.2, 0.25) is 0 Å². The Balaban J connectivity index is 2.77. The molecule has 0 aliphatic rings. The van der Waals surface area contributed by atoms with Gasteiger partial charge >= 0.3 is 5.97 Å². The molecule has 1 aromatic heterocycles. The molecular formula is C12H11NO2. The van der Waals surface area contributed by atoms with Gasteiger partial charge in [-0.15, -0.1) is 0 Å². The third-order valence-electron chi connectivity index (χ3n) is 2.41. The fraction of sp³-hybridized carbons (Fsp3) is 0.167. The number of fused-ring (bicyclic) bond motifs is 1. The minimum absolute atomic E-state index is 0.326. The molecular weight excluding hydrogens is 190 g/mol. The number of carboxylic acid groups (broad SMARTS) is 1. The second kappa shape index (κ2) is 3.69. The molecule has 0 saturated heterocycles. The van der Waals surface area contributed by atoms with Crippen molar-refractivity contribution in [3.8, 4) is 0 Å². The molecule has 0 spiro atoms. The Bertz CT molecular complexity index is 520. The van der Waals surface area contributed by atoms with E-state index in [2.05, 4.69) is 4.98 Å². The number of aromatic nitrogens is 1. The maximum atomic E-state index is 10.9. The Morgan fingerprint density at radius 2 is 2.27 bits per heavy atom. The van der Waals surface area contributed by atoms with Gasteiger partial charge in [0.05, 0.1) is 11.1 Å². The maximum Gasteiger partial charge on any atom is 0.335 e. The van der Waals surface area contributed by atoms with Crippen molar-refractivity contribution >= 4 is 16.9 Å². The van der Waals surface area contributed by atoms with Crippen LogP contribution in [-0.2, 0) is 6.42 Å². The summed E-state index contributed by atoms with van der Waals surface area (Å²) in [5.74, 6) is -0.893. The van der Waals surface area contributed by atoms with Crippen molar-refractivity contribution in [2.75, 3.05) is 0 Å². The molecule has 2 rings (SSSR count). The van der Waals surface area contributed by atoms with E-state index in [1.165, 1.54) is 0 Å². The summed E-state index contributed by atoms with van der Waals surface area (Å²) in [7, 11) is 0. The fourth-order valence-electron chi connectivity index (χ4n) is 1.66. The average Bonchev–Trinajstić information content (AvgIpc) is 2.27. The number of rotatable bonds is 2. The van der Waals surface area contributed by atoms with Gasteiger partial charge < -0.3 is 5.11 Å². The number of hydrogen-bond donors (Lipinski definition) is 1. The summed E-state index contributed by atoms with van der Waals surface area (Å²) in [6.45, 7) is 2.00. The molecule has 0 radical (unpaired) electrons. The molecule has 1 N–H and O–H groups in total. The van der Waals surface area contributed by atoms with Gasteiger partial charge in [-0.1, -0.05) is 13.0 Å². The van der Waals surface area contributed by atoms with Crippen molar-refractivity contribution in [1.29, 1.82) is 0 Å². The lowest BCUT2D eigenvalue weighted by Gasteiger charge is -2.04. The second-order valence-electron chi connectivity index (χ2n) is 3.37. The highest BCUT2D eigenvalue weighted by Gasteiger charge is 2.08. The number of nitrogens with zero attached hydrogens (tertiary/aromatic N) is 1. The third-order valence-corrected chi connectivity index (χ3v) is 2.41. The molecule has 0 amide bonds. The van der Waals surface area contributed by atoms with Crippen LogP contribution in [-0.4, -0.2) is 16.1 Å². The quantitative estimate of drug-likeness (QED) is 0.812. The van der Waals surface area contributed by atoms with Crippen molar-refractivity contribution in [3.63, 3.8) is 0 Å². The molecule has 1 heterocycles. The number of carbonyl (C=O) groups is 1. The van der Waals surface area contributed by atoms with Crippen molar-refractivity contribution in [2.24, 2.45) is 0 Å². The first-order chi connectivity index (χ1) is 7.22. The molecule has 15 heavy (non-hydrogen) atoms. The fourth-order valence-corrected chi connectivity index (χ4v) is 1.66. The van der Waals surface area contributed by atoms with Crippen molar-refractivity contribution < 1.29 is 9.90 Å². The van der Waals surface area contributed by atoms with Crippen LogP contribution in [0.1, 0.15) is 22.8 Å². The standard InChI is InChI=1S/C12H11NO2/c1-2-8-6-10(12(14)15)7-9-4-3-5-13-11(8)9/h3-7H,2H2,1H3,(H,14,15). The smallest absolute Gasteiger partial charge is 0.335 e. The molecule has 0 atom stereocenters. The first kappa shape index (κ1) is 9.65.